The van der Waals surface area contributed by atoms with Crippen LogP contribution in [0.5, 0.6) is 0 Å². The van der Waals surface area contributed by atoms with Crippen LogP contribution in [0.4, 0.5) is 13.2 Å². The maximum atomic E-state index is 12.7. The molecule has 1 aliphatic heterocycles. The van der Waals surface area contributed by atoms with E-state index in [9.17, 15) is 18.0 Å². The first kappa shape index (κ1) is 19.8. The molecule has 1 heterocycles. The lowest BCUT2D eigenvalue weighted by atomic mass is 9.91. The quantitative estimate of drug-likeness (QED) is 0.906. The van der Waals surface area contributed by atoms with Gasteiger partial charge in [0, 0.05) is 13.1 Å². The van der Waals surface area contributed by atoms with Gasteiger partial charge in [-0.1, -0.05) is 18.2 Å². The van der Waals surface area contributed by atoms with Crippen molar-refractivity contribution >= 4 is 18.3 Å². The van der Waals surface area contributed by atoms with Crippen molar-refractivity contribution in [3.8, 4) is 0 Å². The Balaban J connectivity index is 0.00000264. The first-order valence-electron chi connectivity index (χ1n) is 7.54. The van der Waals surface area contributed by atoms with Crippen molar-refractivity contribution in [3.05, 3.63) is 35.4 Å². The number of hydrogen-bond acceptors (Lipinski definition) is 2. The van der Waals surface area contributed by atoms with Crippen LogP contribution in [0.15, 0.2) is 24.3 Å². The molecule has 2 N–H and O–H groups in total. The van der Waals surface area contributed by atoms with E-state index in [1.165, 1.54) is 12.1 Å². The smallest absolute Gasteiger partial charge is 0.341 e. The Labute approximate surface area is 140 Å². The predicted octanol–water partition coefficient (Wildman–Crippen LogP) is 3.26. The van der Waals surface area contributed by atoms with E-state index in [1.54, 1.807) is 11.0 Å². The highest BCUT2D eigenvalue weighted by atomic mass is 35.5. The first-order chi connectivity index (χ1) is 10.4. The largest absolute Gasteiger partial charge is 0.416 e. The third-order valence-electron chi connectivity index (χ3n) is 4.14. The van der Waals surface area contributed by atoms with Crippen LogP contribution in [0.25, 0.3) is 0 Å². The minimum Gasteiger partial charge on any atom is -0.341 e. The Morgan fingerprint density at radius 1 is 1.35 bits per heavy atom. The number of piperidine rings is 1. The SMILES string of the molecule is Cl.NCC(=O)N1CCCC(CCc2cccc(C(F)(F)F)c2)C1. The number of rotatable bonds is 4. The van der Waals surface area contributed by atoms with Gasteiger partial charge < -0.3 is 10.6 Å². The summed E-state index contributed by atoms with van der Waals surface area (Å²) in [6.45, 7) is 1.41. The molecule has 23 heavy (non-hydrogen) atoms. The number of benzene rings is 1. The molecule has 1 amide bonds. The van der Waals surface area contributed by atoms with Crippen LogP contribution in [0.3, 0.4) is 0 Å². The Bertz CT molecular complexity index is 522. The monoisotopic (exact) mass is 350 g/mol. The second kappa shape index (κ2) is 8.55. The highest BCUT2D eigenvalue weighted by molar-refractivity contribution is 5.85. The molecule has 0 radical (unpaired) electrons. The summed E-state index contributed by atoms with van der Waals surface area (Å²) in [6.07, 6.45) is -0.980. The summed E-state index contributed by atoms with van der Waals surface area (Å²) in [4.78, 5) is 13.4. The number of aryl methyl sites for hydroxylation is 1. The van der Waals surface area contributed by atoms with E-state index in [1.807, 2.05) is 0 Å². The Kier molecular flexibility index (Phi) is 7.35. The molecule has 1 atom stereocenters. The average molecular weight is 351 g/mol. The predicted molar refractivity (Wildman–Crippen MR) is 85.4 cm³/mol. The van der Waals surface area contributed by atoms with Crippen LogP contribution in [0, 0.1) is 5.92 Å². The molecule has 0 saturated carbocycles. The standard InChI is InChI=1S/C16H21F3N2O.ClH/c17-16(18,19)14-5-1-3-12(9-14)6-7-13-4-2-8-21(11-13)15(22)10-20;/h1,3,5,9,13H,2,4,6-8,10-11,20H2;1H. The van der Waals surface area contributed by atoms with E-state index in [2.05, 4.69) is 0 Å². The molecule has 1 unspecified atom stereocenters. The van der Waals surface area contributed by atoms with Crippen LogP contribution in [0.2, 0.25) is 0 Å². The maximum Gasteiger partial charge on any atom is 0.416 e. The molecule has 1 saturated heterocycles. The second-order valence-corrected chi connectivity index (χ2v) is 5.79. The number of likely N-dealkylation sites (tertiary alicyclic amines) is 1. The lowest BCUT2D eigenvalue weighted by Gasteiger charge is -2.32. The minimum absolute atomic E-state index is 0. The zero-order valence-corrected chi connectivity index (χ0v) is 13.6. The van der Waals surface area contributed by atoms with E-state index >= 15 is 0 Å². The number of nitrogens with zero attached hydrogens (tertiary/aromatic N) is 1. The second-order valence-electron chi connectivity index (χ2n) is 5.79. The van der Waals surface area contributed by atoms with Gasteiger partial charge in [0.2, 0.25) is 5.91 Å². The zero-order valence-electron chi connectivity index (χ0n) is 12.8. The molecule has 7 heteroatoms. The number of amides is 1. The van der Waals surface area contributed by atoms with Crippen LogP contribution in [-0.4, -0.2) is 30.4 Å². The van der Waals surface area contributed by atoms with Gasteiger partial charge in [0.15, 0.2) is 0 Å². The van der Waals surface area contributed by atoms with E-state index in [0.29, 0.717) is 24.4 Å². The van der Waals surface area contributed by atoms with Crippen molar-refractivity contribution in [1.82, 2.24) is 4.90 Å². The fraction of sp³-hybridized carbons (Fsp3) is 0.562. The third kappa shape index (κ3) is 5.70. The van der Waals surface area contributed by atoms with Crippen LogP contribution in [0.1, 0.15) is 30.4 Å². The van der Waals surface area contributed by atoms with Gasteiger partial charge in [0.1, 0.15) is 0 Å². The molecule has 1 aliphatic rings. The van der Waals surface area contributed by atoms with E-state index in [0.717, 1.165) is 31.9 Å². The highest BCUT2D eigenvalue weighted by Gasteiger charge is 2.30. The van der Waals surface area contributed by atoms with Gasteiger partial charge in [0.25, 0.3) is 0 Å². The van der Waals surface area contributed by atoms with Crippen LogP contribution in [-0.2, 0) is 17.4 Å². The normalized spacial score (nSPS) is 18.4. The van der Waals surface area contributed by atoms with Gasteiger partial charge in [-0.25, -0.2) is 0 Å². The van der Waals surface area contributed by atoms with Crippen molar-refractivity contribution in [1.29, 1.82) is 0 Å². The fourth-order valence-corrected chi connectivity index (χ4v) is 2.93. The van der Waals surface area contributed by atoms with E-state index in [-0.39, 0.29) is 24.9 Å². The van der Waals surface area contributed by atoms with Crippen molar-refractivity contribution in [2.75, 3.05) is 19.6 Å². The van der Waals surface area contributed by atoms with Crippen molar-refractivity contribution in [2.24, 2.45) is 11.7 Å². The minimum atomic E-state index is -4.30. The number of carbonyl (C=O) groups excluding carboxylic acids is 1. The van der Waals surface area contributed by atoms with Crippen molar-refractivity contribution in [3.63, 3.8) is 0 Å². The zero-order chi connectivity index (χ0) is 16.2. The Hall–Kier alpha value is -1.27. The van der Waals surface area contributed by atoms with E-state index < -0.39 is 11.7 Å². The van der Waals surface area contributed by atoms with Crippen LogP contribution < -0.4 is 5.73 Å². The van der Waals surface area contributed by atoms with Gasteiger partial charge >= 0.3 is 6.18 Å². The lowest BCUT2D eigenvalue weighted by Crippen LogP contribution is -2.42. The fourth-order valence-electron chi connectivity index (χ4n) is 2.93. The Morgan fingerprint density at radius 3 is 2.74 bits per heavy atom. The summed E-state index contributed by atoms with van der Waals surface area (Å²) in [7, 11) is 0. The molecular weight excluding hydrogens is 329 g/mol. The van der Waals surface area contributed by atoms with Gasteiger partial charge in [-0.3, -0.25) is 4.79 Å². The Morgan fingerprint density at radius 2 is 2.09 bits per heavy atom. The molecule has 0 aromatic heterocycles. The molecule has 0 spiro atoms. The molecule has 130 valence electrons. The molecular formula is C16H22ClF3N2O. The maximum absolute atomic E-state index is 12.7. The summed E-state index contributed by atoms with van der Waals surface area (Å²) in [5, 5.41) is 0. The van der Waals surface area contributed by atoms with Gasteiger partial charge in [-0.2, -0.15) is 13.2 Å². The average Bonchev–Trinajstić information content (AvgIpc) is 2.52. The molecule has 3 nitrogen and oxygen atoms in total. The summed E-state index contributed by atoms with van der Waals surface area (Å²) in [6, 6.07) is 5.47. The van der Waals surface area contributed by atoms with Crippen LogP contribution >= 0.6 is 12.4 Å². The number of alkyl halides is 3. The first-order valence-corrected chi connectivity index (χ1v) is 7.54. The van der Waals surface area contributed by atoms with Crippen molar-refractivity contribution < 1.29 is 18.0 Å². The highest BCUT2D eigenvalue weighted by Crippen LogP contribution is 2.30. The molecule has 2 rings (SSSR count). The third-order valence-corrected chi connectivity index (χ3v) is 4.14. The summed E-state index contributed by atoms with van der Waals surface area (Å²) in [5.41, 5.74) is 5.46. The number of nitrogens with two attached hydrogens (primary N) is 1. The van der Waals surface area contributed by atoms with Gasteiger partial charge in [-0.15, -0.1) is 12.4 Å². The summed E-state index contributed by atoms with van der Waals surface area (Å²) >= 11 is 0. The summed E-state index contributed by atoms with van der Waals surface area (Å²) in [5.74, 6) is 0.280. The summed E-state index contributed by atoms with van der Waals surface area (Å²) < 4.78 is 38.1. The number of halogens is 4. The molecule has 1 aromatic rings. The number of hydrogen-bond donors (Lipinski definition) is 1. The topological polar surface area (TPSA) is 46.3 Å². The molecule has 1 aromatic carbocycles. The lowest BCUT2D eigenvalue weighted by molar-refractivity contribution is -0.137. The number of carbonyl (C=O) groups is 1. The van der Waals surface area contributed by atoms with Gasteiger partial charge in [-0.05, 0) is 43.2 Å². The molecule has 1 fully saturated rings. The van der Waals surface area contributed by atoms with Crippen molar-refractivity contribution in [2.45, 2.75) is 31.9 Å². The van der Waals surface area contributed by atoms with E-state index in [4.69, 9.17) is 5.73 Å². The molecule has 0 aliphatic carbocycles. The van der Waals surface area contributed by atoms with Gasteiger partial charge in [0.05, 0.1) is 12.1 Å². The molecule has 0 bridgehead atoms.